The van der Waals surface area contributed by atoms with Crippen LogP contribution in [0.4, 0.5) is 4.79 Å². The van der Waals surface area contributed by atoms with E-state index in [1.165, 1.54) is 0 Å². The SMILES string of the molecule is CCOc1ccc(CCNC(=O)NC(C)Oc2ccccc2C(C)C)cc1OCC. The third-order valence-corrected chi connectivity index (χ3v) is 4.49. The monoisotopic (exact) mass is 414 g/mol. The Labute approximate surface area is 179 Å². The predicted molar refractivity (Wildman–Crippen MR) is 120 cm³/mol. The minimum Gasteiger partial charge on any atom is -0.490 e. The number of para-hydroxylation sites is 1. The Balaban J connectivity index is 1.83. The first-order valence-corrected chi connectivity index (χ1v) is 10.6. The smallest absolute Gasteiger partial charge is 0.317 e. The van der Waals surface area contributed by atoms with Gasteiger partial charge in [-0.1, -0.05) is 38.1 Å². The van der Waals surface area contributed by atoms with E-state index in [9.17, 15) is 4.79 Å². The topological polar surface area (TPSA) is 68.8 Å². The molecule has 0 aromatic heterocycles. The molecule has 2 N–H and O–H groups in total. The molecular formula is C24H34N2O4. The molecule has 2 rings (SSSR count). The highest BCUT2D eigenvalue weighted by Crippen LogP contribution is 2.29. The highest BCUT2D eigenvalue weighted by Gasteiger charge is 2.12. The maximum absolute atomic E-state index is 12.2. The maximum Gasteiger partial charge on any atom is 0.317 e. The highest BCUT2D eigenvalue weighted by molar-refractivity contribution is 5.74. The summed E-state index contributed by atoms with van der Waals surface area (Å²) < 4.78 is 17.2. The zero-order valence-electron chi connectivity index (χ0n) is 18.7. The van der Waals surface area contributed by atoms with Crippen LogP contribution in [-0.2, 0) is 6.42 Å². The van der Waals surface area contributed by atoms with Crippen molar-refractivity contribution >= 4 is 6.03 Å². The third kappa shape index (κ3) is 7.17. The van der Waals surface area contributed by atoms with Crippen LogP contribution >= 0.6 is 0 Å². The molecule has 2 amide bonds. The average Bonchev–Trinajstić information content (AvgIpc) is 2.70. The van der Waals surface area contributed by atoms with Gasteiger partial charge in [-0.3, -0.25) is 0 Å². The van der Waals surface area contributed by atoms with Crippen LogP contribution in [0.5, 0.6) is 17.2 Å². The van der Waals surface area contributed by atoms with Gasteiger partial charge in [0, 0.05) is 6.54 Å². The number of benzene rings is 2. The van der Waals surface area contributed by atoms with Crippen molar-refractivity contribution in [1.82, 2.24) is 10.6 Å². The second kappa shape index (κ2) is 12.0. The van der Waals surface area contributed by atoms with E-state index in [1.54, 1.807) is 0 Å². The molecule has 0 aliphatic carbocycles. The quantitative estimate of drug-likeness (QED) is 0.515. The molecule has 0 radical (unpaired) electrons. The van der Waals surface area contributed by atoms with Crippen LogP contribution in [0.25, 0.3) is 0 Å². The first kappa shape index (κ1) is 23.4. The second-order valence-corrected chi connectivity index (χ2v) is 7.25. The average molecular weight is 415 g/mol. The summed E-state index contributed by atoms with van der Waals surface area (Å²) in [6.07, 6.45) is 0.241. The maximum atomic E-state index is 12.2. The molecule has 2 aromatic carbocycles. The van der Waals surface area contributed by atoms with Crippen molar-refractivity contribution in [3.63, 3.8) is 0 Å². The molecule has 0 heterocycles. The molecular weight excluding hydrogens is 380 g/mol. The highest BCUT2D eigenvalue weighted by atomic mass is 16.5. The fourth-order valence-corrected chi connectivity index (χ4v) is 3.09. The third-order valence-electron chi connectivity index (χ3n) is 4.49. The molecule has 0 fully saturated rings. The van der Waals surface area contributed by atoms with E-state index in [-0.39, 0.29) is 6.03 Å². The molecule has 2 aromatic rings. The van der Waals surface area contributed by atoms with Gasteiger partial charge in [0.25, 0.3) is 0 Å². The number of hydrogen-bond acceptors (Lipinski definition) is 4. The fourth-order valence-electron chi connectivity index (χ4n) is 3.09. The number of carbonyl (C=O) groups excluding carboxylic acids is 1. The van der Waals surface area contributed by atoms with E-state index in [1.807, 2.05) is 63.2 Å². The van der Waals surface area contributed by atoms with Crippen LogP contribution in [0.2, 0.25) is 0 Å². The molecule has 6 nitrogen and oxygen atoms in total. The zero-order valence-corrected chi connectivity index (χ0v) is 18.7. The summed E-state index contributed by atoms with van der Waals surface area (Å²) >= 11 is 0. The van der Waals surface area contributed by atoms with Gasteiger partial charge < -0.3 is 24.8 Å². The van der Waals surface area contributed by atoms with Crippen molar-refractivity contribution in [2.45, 2.75) is 53.2 Å². The summed E-state index contributed by atoms with van der Waals surface area (Å²) in [5.74, 6) is 2.60. The van der Waals surface area contributed by atoms with Gasteiger partial charge in [-0.05, 0) is 62.4 Å². The van der Waals surface area contributed by atoms with Crippen LogP contribution in [0.1, 0.15) is 51.7 Å². The summed E-state index contributed by atoms with van der Waals surface area (Å²) in [7, 11) is 0. The Bertz CT molecular complexity index is 808. The minimum atomic E-state index is -0.445. The Morgan fingerprint density at radius 3 is 2.33 bits per heavy atom. The lowest BCUT2D eigenvalue weighted by atomic mass is 10.0. The summed E-state index contributed by atoms with van der Waals surface area (Å²) in [4.78, 5) is 12.2. The van der Waals surface area contributed by atoms with Gasteiger partial charge in [0.2, 0.25) is 0 Å². The summed E-state index contributed by atoms with van der Waals surface area (Å²) in [5.41, 5.74) is 2.18. The predicted octanol–water partition coefficient (Wildman–Crippen LogP) is 4.87. The molecule has 0 spiro atoms. The van der Waals surface area contributed by atoms with Crippen LogP contribution in [0.15, 0.2) is 42.5 Å². The molecule has 0 bridgehead atoms. The van der Waals surface area contributed by atoms with Crippen LogP contribution in [-0.4, -0.2) is 32.0 Å². The molecule has 0 aliphatic heterocycles. The van der Waals surface area contributed by atoms with Gasteiger partial charge in [0.15, 0.2) is 17.7 Å². The Morgan fingerprint density at radius 2 is 1.63 bits per heavy atom. The number of hydrogen-bond donors (Lipinski definition) is 2. The van der Waals surface area contributed by atoms with E-state index >= 15 is 0 Å². The first-order valence-electron chi connectivity index (χ1n) is 10.6. The van der Waals surface area contributed by atoms with Crippen molar-refractivity contribution in [3.05, 3.63) is 53.6 Å². The largest absolute Gasteiger partial charge is 0.490 e. The van der Waals surface area contributed by atoms with Crippen molar-refractivity contribution in [1.29, 1.82) is 0 Å². The summed E-state index contributed by atoms with van der Waals surface area (Å²) in [5, 5.41) is 5.70. The lowest BCUT2D eigenvalue weighted by Crippen LogP contribution is -2.44. The van der Waals surface area contributed by atoms with E-state index in [0.29, 0.717) is 32.1 Å². The zero-order chi connectivity index (χ0) is 21.9. The number of urea groups is 1. The lowest BCUT2D eigenvalue weighted by Gasteiger charge is -2.20. The van der Waals surface area contributed by atoms with Gasteiger partial charge in [0.05, 0.1) is 13.2 Å². The minimum absolute atomic E-state index is 0.263. The molecule has 0 saturated heterocycles. The van der Waals surface area contributed by atoms with Gasteiger partial charge >= 0.3 is 6.03 Å². The van der Waals surface area contributed by atoms with Crippen LogP contribution < -0.4 is 24.8 Å². The van der Waals surface area contributed by atoms with Gasteiger partial charge in [-0.15, -0.1) is 0 Å². The standard InChI is InChI=1S/C24H34N2O4/c1-6-28-22-13-12-19(16-23(22)29-7-2)14-15-25-24(27)26-18(5)30-21-11-9-8-10-20(21)17(3)4/h8-13,16-18H,6-7,14-15H2,1-5H3,(H2,25,26,27). The van der Waals surface area contributed by atoms with Gasteiger partial charge in [0.1, 0.15) is 5.75 Å². The normalized spacial score (nSPS) is 11.7. The first-order chi connectivity index (χ1) is 14.4. The van der Waals surface area contributed by atoms with Crippen LogP contribution in [0.3, 0.4) is 0 Å². The van der Waals surface area contributed by atoms with E-state index < -0.39 is 6.23 Å². The van der Waals surface area contributed by atoms with E-state index in [2.05, 4.69) is 24.5 Å². The fraction of sp³-hybridized carbons (Fsp3) is 0.458. The number of ether oxygens (including phenoxy) is 3. The van der Waals surface area contributed by atoms with E-state index in [4.69, 9.17) is 14.2 Å². The van der Waals surface area contributed by atoms with Crippen molar-refractivity contribution < 1.29 is 19.0 Å². The lowest BCUT2D eigenvalue weighted by molar-refractivity contribution is 0.175. The number of carbonyl (C=O) groups is 1. The molecule has 30 heavy (non-hydrogen) atoms. The van der Waals surface area contributed by atoms with Crippen LogP contribution in [0, 0.1) is 0 Å². The number of rotatable bonds is 11. The Kier molecular flexibility index (Phi) is 9.32. The number of nitrogens with one attached hydrogen (secondary N) is 2. The summed E-state index contributed by atoms with van der Waals surface area (Å²) in [6.45, 7) is 11.6. The molecule has 0 saturated carbocycles. The van der Waals surface area contributed by atoms with Gasteiger partial charge in [-0.25, -0.2) is 4.79 Å². The van der Waals surface area contributed by atoms with Crippen molar-refractivity contribution in [3.8, 4) is 17.2 Å². The Hall–Kier alpha value is -2.89. The van der Waals surface area contributed by atoms with Crippen molar-refractivity contribution in [2.24, 2.45) is 0 Å². The van der Waals surface area contributed by atoms with E-state index in [0.717, 1.165) is 28.4 Å². The summed E-state index contributed by atoms with van der Waals surface area (Å²) in [6, 6.07) is 13.5. The molecule has 6 heteroatoms. The van der Waals surface area contributed by atoms with Crippen molar-refractivity contribution in [2.75, 3.05) is 19.8 Å². The molecule has 0 aliphatic rings. The Morgan fingerprint density at radius 1 is 0.933 bits per heavy atom. The van der Waals surface area contributed by atoms with Gasteiger partial charge in [-0.2, -0.15) is 0 Å². The number of amides is 2. The molecule has 1 unspecified atom stereocenters. The molecule has 164 valence electrons. The second-order valence-electron chi connectivity index (χ2n) is 7.25. The molecule has 1 atom stereocenters.